The number of allylic oxidation sites excluding steroid dienone is 8. The van der Waals surface area contributed by atoms with Gasteiger partial charge in [-0.2, -0.15) is 0 Å². The van der Waals surface area contributed by atoms with Crippen LogP contribution in [0.1, 0.15) is 357 Å². The molecule has 0 unspecified atom stereocenters. The molecule has 0 radical (unpaired) electrons. The zero-order valence-electron chi connectivity index (χ0n) is 55.1. The van der Waals surface area contributed by atoms with E-state index in [-0.39, 0.29) is 0 Å². The molecule has 0 saturated heterocycles. The highest BCUT2D eigenvalue weighted by Crippen LogP contribution is 2.46. The maximum absolute atomic E-state index is 2.55. The maximum Gasteiger partial charge on any atom is -0.0233 e. The van der Waals surface area contributed by atoms with Gasteiger partial charge in [0.2, 0.25) is 0 Å². The first kappa shape index (κ1) is 68.7. The molecule has 8 fully saturated rings. The average Bonchev–Trinajstić information content (AvgIpc) is 3.51. The summed E-state index contributed by atoms with van der Waals surface area (Å²) in [5, 5.41) is 0. The van der Waals surface area contributed by atoms with Crippen molar-refractivity contribution in [1.82, 2.24) is 0 Å². The van der Waals surface area contributed by atoms with Gasteiger partial charge in [0.05, 0.1) is 0 Å². The summed E-state index contributed by atoms with van der Waals surface area (Å²) >= 11 is 0. The van der Waals surface area contributed by atoms with Crippen LogP contribution in [0, 0.1) is 94.7 Å². The third-order valence-electron chi connectivity index (χ3n) is 23.6. The highest BCUT2D eigenvalue weighted by molar-refractivity contribution is 4.96. The first-order valence-corrected chi connectivity index (χ1v) is 37.4. The predicted molar refractivity (Wildman–Crippen MR) is 355 cm³/mol. The Kier molecular flexibility index (Phi) is 37.2. The van der Waals surface area contributed by atoms with Crippen LogP contribution in [0.4, 0.5) is 0 Å². The molecule has 8 rings (SSSR count). The van der Waals surface area contributed by atoms with Crippen LogP contribution in [0.2, 0.25) is 0 Å². The SMILES string of the molecule is CCCC/C=C/C1CCC(C2CCC(C)CC2)CC1.CCCC/C=C/C1CCC(C2CCC(C)CC2)CC1.CCCC/C=C/C1CCC(C2CCC(CC)CC2)CC1.CCCC/C=C/C1CCC(C2CCC(CCC)CC2)CC1. The molecule has 0 heterocycles. The molecule has 458 valence electrons. The van der Waals surface area contributed by atoms with Gasteiger partial charge in [-0.25, -0.2) is 0 Å². The van der Waals surface area contributed by atoms with Gasteiger partial charge in [0.25, 0.3) is 0 Å². The Morgan fingerprint density at radius 2 is 0.456 bits per heavy atom. The minimum absolute atomic E-state index is 0.912. The molecule has 0 amide bonds. The fourth-order valence-electron chi connectivity index (χ4n) is 17.6. The van der Waals surface area contributed by atoms with Gasteiger partial charge in [-0.3, -0.25) is 0 Å². The Morgan fingerprint density at radius 1 is 0.241 bits per heavy atom. The molecular formula is C79H142. The molecule has 8 aliphatic carbocycles. The second kappa shape index (κ2) is 42.7. The molecule has 79 heavy (non-hydrogen) atoms. The van der Waals surface area contributed by atoms with E-state index in [0.29, 0.717) is 0 Å². The lowest BCUT2D eigenvalue weighted by Gasteiger charge is -2.37. The number of hydrogen-bond acceptors (Lipinski definition) is 0. The molecule has 8 aliphatic rings. The van der Waals surface area contributed by atoms with E-state index in [0.717, 1.165) is 94.7 Å². The van der Waals surface area contributed by atoms with Crippen LogP contribution < -0.4 is 0 Å². The topological polar surface area (TPSA) is 0 Å². The Morgan fingerprint density at radius 3 is 0.671 bits per heavy atom. The summed E-state index contributed by atoms with van der Waals surface area (Å²) in [5.74, 6) is 16.4. The lowest BCUT2D eigenvalue weighted by Crippen LogP contribution is -2.25. The third kappa shape index (κ3) is 28.1. The molecular weight excluding hydrogens is 949 g/mol. The zero-order valence-corrected chi connectivity index (χ0v) is 55.1. The summed E-state index contributed by atoms with van der Waals surface area (Å²) in [6.45, 7) is 18.7. The van der Waals surface area contributed by atoms with Gasteiger partial charge in [0.15, 0.2) is 0 Å². The lowest BCUT2D eigenvalue weighted by atomic mass is 9.68. The van der Waals surface area contributed by atoms with E-state index < -0.39 is 0 Å². The van der Waals surface area contributed by atoms with Gasteiger partial charge in [0, 0.05) is 0 Å². The van der Waals surface area contributed by atoms with E-state index in [2.05, 4.69) is 104 Å². The summed E-state index contributed by atoms with van der Waals surface area (Å²) in [6, 6.07) is 0. The maximum atomic E-state index is 2.55. The summed E-state index contributed by atoms with van der Waals surface area (Å²) in [4.78, 5) is 0. The van der Waals surface area contributed by atoms with E-state index in [1.807, 2.05) is 0 Å². The fraction of sp³-hybridized carbons (Fsp3) is 0.899. The van der Waals surface area contributed by atoms with Crippen LogP contribution in [0.25, 0.3) is 0 Å². The molecule has 0 aromatic carbocycles. The van der Waals surface area contributed by atoms with Gasteiger partial charge in [-0.05, 0) is 274 Å². The summed E-state index contributed by atoms with van der Waals surface area (Å²) in [6.07, 6.45) is 88.7. The van der Waals surface area contributed by atoms with Crippen molar-refractivity contribution in [3.8, 4) is 0 Å². The van der Waals surface area contributed by atoms with Crippen molar-refractivity contribution < 1.29 is 0 Å². The molecule has 0 N–H and O–H groups in total. The minimum Gasteiger partial charge on any atom is -0.0883 e. The lowest BCUT2D eigenvalue weighted by molar-refractivity contribution is 0.152. The molecule has 0 aromatic heterocycles. The predicted octanol–water partition coefficient (Wildman–Crippen LogP) is 26.6. The number of hydrogen-bond donors (Lipinski definition) is 0. The van der Waals surface area contributed by atoms with Crippen molar-refractivity contribution in [2.45, 2.75) is 357 Å². The van der Waals surface area contributed by atoms with Gasteiger partial charge < -0.3 is 0 Å². The highest BCUT2D eigenvalue weighted by Gasteiger charge is 2.33. The molecule has 0 bridgehead atoms. The quantitative estimate of drug-likeness (QED) is 0.0707. The minimum atomic E-state index is 0.912. The van der Waals surface area contributed by atoms with Gasteiger partial charge in [-0.1, -0.05) is 226 Å². The van der Waals surface area contributed by atoms with Crippen LogP contribution in [-0.2, 0) is 0 Å². The van der Waals surface area contributed by atoms with E-state index in [1.54, 1.807) is 25.7 Å². The van der Waals surface area contributed by atoms with E-state index in [9.17, 15) is 0 Å². The first-order chi connectivity index (χ1) is 38.7. The van der Waals surface area contributed by atoms with Crippen LogP contribution >= 0.6 is 0 Å². The molecule has 8 saturated carbocycles. The van der Waals surface area contributed by atoms with Crippen LogP contribution in [0.5, 0.6) is 0 Å². The smallest absolute Gasteiger partial charge is 0.0233 e. The van der Waals surface area contributed by atoms with Crippen molar-refractivity contribution in [2.24, 2.45) is 94.7 Å². The van der Waals surface area contributed by atoms with Gasteiger partial charge >= 0.3 is 0 Å². The summed E-state index contributed by atoms with van der Waals surface area (Å²) in [7, 11) is 0. The average molecular weight is 1090 g/mol. The second-order valence-corrected chi connectivity index (χ2v) is 29.8. The molecule has 0 heteroatoms. The molecule has 0 spiro atoms. The molecule has 0 atom stereocenters. The standard InChI is InChI=1S/C21H38.C20H36.2C19H34/c1-3-5-6-7-9-19-12-16-21(17-13-19)20-14-10-18(8-4-2)11-15-20;1-3-5-6-7-8-18-11-15-20(16-12-18)19-13-9-17(4-2)10-14-19;2*1-3-4-5-6-7-17-10-14-19(15-11-17)18-12-8-16(2)9-13-18/h7,9,18-21H,3-6,8,10-17H2,1-2H3;7-8,17-20H,3-6,9-16H2,1-2H3;2*6-7,16-19H,3-5,8-15H2,1-2H3/b9-7+;8-7+;2*7-6+. The van der Waals surface area contributed by atoms with Crippen molar-refractivity contribution in [2.75, 3.05) is 0 Å². The Hall–Kier alpha value is -1.04. The Labute approximate surface area is 497 Å². The van der Waals surface area contributed by atoms with E-state index in [1.165, 1.54) is 276 Å². The third-order valence-corrected chi connectivity index (χ3v) is 23.6. The second-order valence-electron chi connectivity index (χ2n) is 29.8. The zero-order chi connectivity index (χ0) is 56.1. The van der Waals surface area contributed by atoms with E-state index in [4.69, 9.17) is 0 Å². The van der Waals surface area contributed by atoms with Crippen LogP contribution in [0.15, 0.2) is 48.6 Å². The Bertz CT molecular complexity index is 1440. The van der Waals surface area contributed by atoms with Crippen molar-refractivity contribution in [1.29, 1.82) is 0 Å². The fourth-order valence-corrected chi connectivity index (χ4v) is 17.6. The molecule has 0 aromatic rings. The van der Waals surface area contributed by atoms with Crippen LogP contribution in [-0.4, -0.2) is 0 Å². The van der Waals surface area contributed by atoms with E-state index >= 15 is 0 Å². The van der Waals surface area contributed by atoms with Gasteiger partial charge in [0.1, 0.15) is 0 Å². The largest absolute Gasteiger partial charge is 0.0883 e. The highest BCUT2D eigenvalue weighted by atomic mass is 14.4. The van der Waals surface area contributed by atoms with Crippen molar-refractivity contribution in [3.05, 3.63) is 48.6 Å². The molecule has 0 aliphatic heterocycles. The van der Waals surface area contributed by atoms with Crippen molar-refractivity contribution in [3.63, 3.8) is 0 Å². The normalized spacial score (nSPS) is 35.8. The summed E-state index contributed by atoms with van der Waals surface area (Å²) < 4.78 is 0. The Balaban J connectivity index is 0.000000194. The monoisotopic (exact) mass is 1090 g/mol. The van der Waals surface area contributed by atoms with Crippen molar-refractivity contribution >= 4 is 0 Å². The first-order valence-electron chi connectivity index (χ1n) is 37.4. The summed E-state index contributed by atoms with van der Waals surface area (Å²) in [5.41, 5.74) is 0. The number of rotatable bonds is 23. The number of unbranched alkanes of at least 4 members (excludes halogenated alkanes) is 8. The van der Waals surface area contributed by atoms with Gasteiger partial charge in [-0.15, -0.1) is 0 Å². The molecule has 0 nitrogen and oxygen atoms in total. The van der Waals surface area contributed by atoms with Crippen LogP contribution in [0.3, 0.4) is 0 Å².